The van der Waals surface area contributed by atoms with Crippen LogP contribution in [0.1, 0.15) is 11.1 Å². The Balaban J connectivity index is 0.000000128. The number of hydrogen-bond acceptors (Lipinski definition) is 3. The van der Waals surface area contributed by atoms with Gasteiger partial charge >= 0.3 is 0 Å². The van der Waals surface area contributed by atoms with E-state index in [9.17, 15) is 0 Å². The van der Waals surface area contributed by atoms with Crippen molar-refractivity contribution in [2.75, 3.05) is 4.90 Å². The Morgan fingerprint density at radius 1 is 0.442 bits per heavy atom. The number of nitrogens with zero attached hydrogens (tertiary/aromatic N) is 1. The second-order valence-corrected chi connectivity index (χ2v) is 12.6. The lowest BCUT2D eigenvalue weighted by Crippen LogP contribution is -2.15. The molecule has 6 heteroatoms. The molecule has 0 amide bonds. The molecule has 2 aliphatic heterocycles. The molecule has 0 saturated heterocycles. The van der Waals surface area contributed by atoms with E-state index < -0.39 is 0 Å². The maximum Gasteiger partial charge on any atom is 0.151 e. The molecule has 212 valence electrons. The summed E-state index contributed by atoms with van der Waals surface area (Å²) in [5, 5.41) is 0. The van der Waals surface area contributed by atoms with Crippen LogP contribution >= 0.6 is 54.5 Å². The van der Waals surface area contributed by atoms with Crippen LogP contribution in [0.2, 0.25) is 0 Å². The molecule has 2 heterocycles. The van der Waals surface area contributed by atoms with Crippen LogP contribution < -0.4 is 14.4 Å². The van der Waals surface area contributed by atoms with Gasteiger partial charge < -0.3 is 14.4 Å². The van der Waals surface area contributed by atoms with Crippen LogP contribution in [0, 0.1) is 3.57 Å². The van der Waals surface area contributed by atoms with E-state index in [1.165, 1.54) is 19.2 Å². The summed E-state index contributed by atoms with van der Waals surface area (Å²) in [6.45, 7) is 0. The van der Waals surface area contributed by atoms with Crippen LogP contribution in [-0.4, -0.2) is 0 Å². The maximum absolute atomic E-state index is 6.01. The summed E-state index contributed by atoms with van der Waals surface area (Å²) < 4.78 is 15.3. The minimum Gasteiger partial charge on any atom is -0.457 e. The summed E-state index contributed by atoms with van der Waals surface area (Å²) in [5.74, 6) is 3.72. The number of ether oxygens (including phenoxy) is 2. The van der Waals surface area contributed by atoms with Gasteiger partial charge in [0.25, 0.3) is 0 Å². The lowest BCUT2D eigenvalue weighted by atomic mass is 10.0. The molecule has 0 radical (unpaired) electrons. The summed E-state index contributed by atoms with van der Waals surface area (Å²) in [5.41, 5.74) is 5.73. The number of anilines is 3. The summed E-state index contributed by atoms with van der Waals surface area (Å²) in [6, 6.07) is 48.9. The van der Waals surface area contributed by atoms with Gasteiger partial charge in [-0.25, -0.2) is 0 Å². The van der Waals surface area contributed by atoms with E-state index in [1.54, 1.807) is 0 Å². The molecule has 0 saturated carbocycles. The van der Waals surface area contributed by atoms with E-state index in [0.29, 0.717) is 0 Å². The van der Waals surface area contributed by atoms with Crippen LogP contribution in [0.3, 0.4) is 0 Å². The van der Waals surface area contributed by atoms with Crippen molar-refractivity contribution in [1.82, 2.24) is 0 Å². The fourth-order valence-corrected chi connectivity index (χ4v) is 5.99. The average molecular weight is 803 g/mol. The lowest BCUT2D eigenvalue weighted by Gasteiger charge is -2.33. The number of rotatable bonds is 1. The van der Waals surface area contributed by atoms with Crippen LogP contribution in [0.15, 0.2) is 155 Å². The first-order chi connectivity index (χ1) is 21.1. The van der Waals surface area contributed by atoms with Crippen molar-refractivity contribution in [3.05, 3.63) is 169 Å². The van der Waals surface area contributed by atoms with E-state index in [2.05, 4.69) is 114 Å². The van der Waals surface area contributed by atoms with Crippen molar-refractivity contribution in [1.29, 1.82) is 0 Å². The van der Waals surface area contributed by atoms with Gasteiger partial charge in [-0.2, -0.15) is 0 Å². The van der Waals surface area contributed by atoms with Crippen LogP contribution in [0.5, 0.6) is 23.0 Å². The zero-order valence-corrected chi connectivity index (χ0v) is 28.3. The highest BCUT2D eigenvalue weighted by molar-refractivity contribution is 14.1. The molecular formula is C37H26Br2INO2. The topological polar surface area (TPSA) is 21.7 Å². The normalized spacial score (nSPS) is 11.8. The largest absolute Gasteiger partial charge is 0.457 e. The second-order valence-electron chi connectivity index (χ2n) is 9.73. The molecular weight excluding hydrogens is 777 g/mol. The predicted molar refractivity (Wildman–Crippen MR) is 192 cm³/mol. The zero-order valence-electron chi connectivity index (χ0n) is 23.0. The Bertz CT molecular complexity index is 1710. The van der Waals surface area contributed by atoms with Crippen molar-refractivity contribution in [3.63, 3.8) is 0 Å². The first kappa shape index (κ1) is 29.5. The highest BCUT2D eigenvalue weighted by Gasteiger charge is 2.26. The fourth-order valence-electron chi connectivity index (χ4n) is 4.86. The van der Waals surface area contributed by atoms with E-state index >= 15 is 0 Å². The lowest BCUT2D eigenvalue weighted by molar-refractivity contribution is 0.460. The van der Waals surface area contributed by atoms with Crippen molar-refractivity contribution < 1.29 is 9.47 Å². The molecule has 3 nitrogen and oxygen atoms in total. The molecule has 0 atom stereocenters. The van der Waals surface area contributed by atoms with Gasteiger partial charge in [-0.15, -0.1) is 0 Å². The van der Waals surface area contributed by atoms with E-state index in [4.69, 9.17) is 9.47 Å². The number of fused-ring (bicyclic) bond motifs is 4. The molecule has 0 fully saturated rings. The molecule has 0 spiro atoms. The molecule has 0 aromatic heterocycles. The smallest absolute Gasteiger partial charge is 0.151 e. The van der Waals surface area contributed by atoms with Crippen molar-refractivity contribution in [2.45, 2.75) is 6.42 Å². The van der Waals surface area contributed by atoms with Crippen LogP contribution in [-0.2, 0) is 6.42 Å². The number of halogens is 3. The van der Waals surface area contributed by atoms with Gasteiger partial charge in [-0.3, -0.25) is 0 Å². The summed E-state index contributed by atoms with van der Waals surface area (Å²) in [7, 11) is 0. The summed E-state index contributed by atoms with van der Waals surface area (Å²) >= 11 is 9.32. The van der Waals surface area contributed by atoms with Gasteiger partial charge in [0.2, 0.25) is 0 Å². The molecule has 0 N–H and O–H groups in total. The monoisotopic (exact) mass is 801 g/mol. The first-order valence-corrected chi connectivity index (χ1v) is 16.4. The van der Waals surface area contributed by atoms with Crippen LogP contribution in [0.25, 0.3) is 0 Å². The summed E-state index contributed by atoms with van der Waals surface area (Å²) in [6.07, 6.45) is 0.979. The van der Waals surface area contributed by atoms with Gasteiger partial charge in [0, 0.05) is 18.9 Å². The third-order valence-corrected chi connectivity index (χ3v) is 9.94. The first-order valence-electron chi connectivity index (χ1n) is 13.7. The Labute approximate surface area is 282 Å². The van der Waals surface area contributed by atoms with E-state index in [-0.39, 0.29) is 0 Å². The molecule has 6 aromatic rings. The van der Waals surface area contributed by atoms with Crippen molar-refractivity contribution >= 4 is 71.5 Å². The molecule has 43 heavy (non-hydrogen) atoms. The Kier molecular flexibility index (Phi) is 9.46. The van der Waals surface area contributed by atoms with Gasteiger partial charge in [0.05, 0.1) is 17.1 Å². The standard InChI is InChI=1S/C18H12BrNO.C13H10O.C6H4BrI/c19-13-7-1-2-8-14(13)20-15-9-3-5-11-17(15)21-18-12-6-4-10-16(18)20;1-3-7-12-10(5-1)9-11-6-2-4-8-13(11)14-12;7-5-3-1-2-4-6(5)8/h1-12H;1-8H,9H2;1-4H. The SMILES string of the molecule is Brc1ccccc1I.Brc1ccccc1N1c2ccccc2Oc2ccccc21.c1ccc2c(c1)Cc1ccccc1O2. The Hall–Kier alpha value is -3.59. The molecule has 8 rings (SSSR count). The molecule has 0 aliphatic carbocycles. The molecule has 2 aliphatic rings. The van der Waals surface area contributed by atoms with Gasteiger partial charge in [-0.1, -0.05) is 84.9 Å². The Morgan fingerprint density at radius 2 is 0.837 bits per heavy atom. The number of hydrogen-bond donors (Lipinski definition) is 0. The Morgan fingerprint density at radius 3 is 1.33 bits per heavy atom. The maximum atomic E-state index is 6.01. The third-order valence-electron chi connectivity index (χ3n) is 6.90. The average Bonchev–Trinajstić information content (AvgIpc) is 3.05. The number of benzene rings is 6. The quantitative estimate of drug-likeness (QED) is 0.154. The number of para-hydroxylation sites is 7. The van der Waals surface area contributed by atoms with Gasteiger partial charge in [0.15, 0.2) is 11.5 Å². The summed E-state index contributed by atoms with van der Waals surface area (Å²) in [4.78, 5) is 2.22. The van der Waals surface area contributed by atoms with E-state index in [1.807, 2.05) is 91.0 Å². The van der Waals surface area contributed by atoms with Crippen molar-refractivity contribution in [3.8, 4) is 23.0 Å². The molecule has 6 aromatic carbocycles. The molecule has 0 unspecified atom stereocenters. The highest BCUT2D eigenvalue weighted by Crippen LogP contribution is 2.51. The third kappa shape index (κ3) is 6.82. The van der Waals surface area contributed by atoms with Gasteiger partial charge in [0.1, 0.15) is 11.5 Å². The second kappa shape index (κ2) is 13.8. The van der Waals surface area contributed by atoms with Crippen LogP contribution in [0.4, 0.5) is 17.1 Å². The van der Waals surface area contributed by atoms with Gasteiger partial charge in [-0.05, 0) is 126 Å². The zero-order chi connectivity index (χ0) is 29.6. The molecule has 0 bridgehead atoms. The van der Waals surface area contributed by atoms with Crippen molar-refractivity contribution in [2.24, 2.45) is 0 Å². The fraction of sp³-hybridized carbons (Fsp3) is 0.0270. The predicted octanol–water partition coefficient (Wildman–Crippen LogP) is 12.5. The minimum atomic E-state index is 0.868. The minimum absolute atomic E-state index is 0.868. The highest BCUT2D eigenvalue weighted by atomic mass is 127. The van der Waals surface area contributed by atoms with E-state index in [0.717, 1.165) is 51.0 Å².